The van der Waals surface area contributed by atoms with E-state index in [0.29, 0.717) is 34.9 Å². The van der Waals surface area contributed by atoms with Crippen LogP contribution in [0.3, 0.4) is 0 Å². The Hall–Kier alpha value is -5.20. The van der Waals surface area contributed by atoms with E-state index in [1.165, 1.54) is 27.8 Å². The van der Waals surface area contributed by atoms with Gasteiger partial charge in [0.1, 0.15) is 24.7 Å². The number of aliphatic hydroxyl groups is 1. The molecule has 1 saturated heterocycles. The van der Waals surface area contributed by atoms with Crippen LogP contribution in [0.25, 0.3) is 11.1 Å². The molecular formula is C47H54ClN5O6. The van der Waals surface area contributed by atoms with Gasteiger partial charge in [-0.1, -0.05) is 65.7 Å². The third-order valence-corrected chi connectivity index (χ3v) is 12.0. The summed E-state index contributed by atoms with van der Waals surface area (Å²) in [7, 11) is 1.83. The SMILES string of the molecule is CNc1cncc(COc2cc(OCc3cccc(-c4cccc(C5C=CC6=C(CC(NCC7CCC(=O)N7)C6)C5)c4C)c3C)c(Cl)cc2CNC[C@@H](O)CC(=O)O)c1. The smallest absolute Gasteiger partial charge is 0.306 e. The third kappa shape index (κ3) is 10.5. The van der Waals surface area contributed by atoms with E-state index in [0.717, 1.165) is 65.7 Å². The van der Waals surface area contributed by atoms with Crippen LogP contribution in [0.4, 0.5) is 5.69 Å². The molecule has 4 aromatic rings. The minimum atomic E-state index is -1.07. The highest BCUT2D eigenvalue weighted by molar-refractivity contribution is 6.32. The molecule has 1 aromatic heterocycles. The molecule has 1 amide bonds. The number of rotatable bonds is 18. The first-order valence-corrected chi connectivity index (χ1v) is 20.8. The van der Waals surface area contributed by atoms with E-state index in [1.807, 2.05) is 13.1 Å². The first-order chi connectivity index (χ1) is 28.5. The Morgan fingerprint density at radius 3 is 2.56 bits per heavy atom. The average molecular weight is 820 g/mol. The fourth-order valence-electron chi connectivity index (χ4n) is 8.48. The van der Waals surface area contributed by atoms with Crippen LogP contribution in [-0.4, -0.2) is 65.4 Å². The largest absolute Gasteiger partial charge is 0.488 e. The lowest BCUT2D eigenvalue weighted by atomic mass is 9.82. The Morgan fingerprint density at radius 1 is 0.983 bits per heavy atom. The number of hydrogen-bond donors (Lipinski definition) is 6. The number of nitrogens with zero attached hydrogens (tertiary/aromatic N) is 1. The number of allylic oxidation sites excluding steroid dienone is 2. The van der Waals surface area contributed by atoms with E-state index < -0.39 is 12.1 Å². The molecule has 2 heterocycles. The highest BCUT2D eigenvalue weighted by Crippen LogP contribution is 2.42. The summed E-state index contributed by atoms with van der Waals surface area (Å²) in [5, 5.41) is 32.5. The summed E-state index contributed by atoms with van der Waals surface area (Å²) in [6, 6.07) is 19.1. The number of anilines is 1. The number of aromatic nitrogens is 1. The third-order valence-electron chi connectivity index (χ3n) is 11.7. The fourth-order valence-corrected chi connectivity index (χ4v) is 8.72. The second kappa shape index (κ2) is 19.2. The van der Waals surface area contributed by atoms with Gasteiger partial charge in [0.25, 0.3) is 0 Å². The highest BCUT2D eigenvalue weighted by Gasteiger charge is 2.30. The Bertz CT molecular complexity index is 2240. The van der Waals surface area contributed by atoms with Crippen molar-refractivity contribution in [1.82, 2.24) is 20.9 Å². The molecule has 0 radical (unpaired) electrons. The monoisotopic (exact) mass is 819 g/mol. The number of ether oxygens (including phenoxy) is 2. The van der Waals surface area contributed by atoms with E-state index in [9.17, 15) is 14.7 Å². The first kappa shape index (κ1) is 41.9. The van der Waals surface area contributed by atoms with Gasteiger partial charge in [0, 0.05) is 80.7 Å². The van der Waals surface area contributed by atoms with Gasteiger partial charge in [0.15, 0.2) is 0 Å². The van der Waals surface area contributed by atoms with E-state index in [-0.39, 0.29) is 44.7 Å². The van der Waals surface area contributed by atoms with Crippen molar-refractivity contribution in [2.24, 2.45) is 0 Å². The molecule has 6 N–H and O–H groups in total. The summed E-state index contributed by atoms with van der Waals surface area (Å²) in [5.74, 6) is 0.413. The zero-order valence-electron chi connectivity index (χ0n) is 33.9. The van der Waals surface area contributed by atoms with Gasteiger partial charge in [-0.2, -0.15) is 0 Å². The number of aliphatic carboxylic acids is 1. The number of carbonyl (C=O) groups excluding carboxylic acids is 1. The summed E-state index contributed by atoms with van der Waals surface area (Å²) in [6.07, 6.45) is 11.5. The Balaban J connectivity index is 1.03. The maximum atomic E-state index is 11.7. The van der Waals surface area contributed by atoms with Crippen molar-refractivity contribution < 1.29 is 29.3 Å². The number of aliphatic hydroxyl groups excluding tert-OH is 1. The molecule has 2 aliphatic carbocycles. The quantitative estimate of drug-likeness (QED) is 0.0595. The first-order valence-electron chi connectivity index (χ1n) is 20.4. The molecule has 3 unspecified atom stereocenters. The molecular weight excluding hydrogens is 766 g/mol. The van der Waals surface area contributed by atoms with Crippen molar-refractivity contribution >= 4 is 29.2 Å². The summed E-state index contributed by atoms with van der Waals surface area (Å²) in [5.41, 5.74) is 12.6. The van der Waals surface area contributed by atoms with Crippen molar-refractivity contribution in [1.29, 1.82) is 0 Å². The van der Waals surface area contributed by atoms with Crippen molar-refractivity contribution in [3.63, 3.8) is 0 Å². The van der Waals surface area contributed by atoms with Crippen LogP contribution in [0, 0.1) is 13.8 Å². The number of pyridine rings is 1. The summed E-state index contributed by atoms with van der Waals surface area (Å²) in [4.78, 5) is 27.0. The minimum absolute atomic E-state index is 0.0896. The number of amides is 1. The average Bonchev–Trinajstić information content (AvgIpc) is 3.84. The number of carboxylic acids is 1. The molecule has 1 aliphatic heterocycles. The zero-order chi connectivity index (χ0) is 41.5. The van der Waals surface area contributed by atoms with Crippen LogP contribution in [0.1, 0.15) is 77.8 Å². The maximum absolute atomic E-state index is 11.7. The number of carbonyl (C=O) groups is 2. The zero-order valence-corrected chi connectivity index (χ0v) is 34.7. The normalized spacial score (nSPS) is 19.1. The Labute approximate surface area is 351 Å². The Morgan fingerprint density at radius 2 is 1.78 bits per heavy atom. The lowest BCUT2D eigenvalue weighted by Crippen LogP contribution is -2.39. The topological polar surface area (TPSA) is 154 Å². The number of carboxylic acid groups (broad SMARTS) is 1. The van der Waals surface area contributed by atoms with Crippen LogP contribution >= 0.6 is 11.6 Å². The number of halogens is 1. The second-order valence-electron chi connectivity index (χ2n) is 15.9. The van der Waals surface area contributed by atoms with Crippen molar-refractivity contribution in [2.75, 3.05) is 25.5 Å². The van der Waals surface area contributed by atoms with Gasteiger partial charge in [-0.3, -0.25) is 14.6 Å². The molecule has 12 heteroatoms. The van der Waals surface area contributed by atoms with Crippen molar-refractivity contribution in [2.45, 2.75) is 96.2 Å². The van der Waals surface area contributed by atoms with Gasteiger partial charge in [0.2, 0.25) is 5.91 Å². The van der Waals surface area contributed by atoms with Gasteiger partial charge in [-0.25, -0.2) is 0 Å². The maximum Gasteiger partial charge on any atom is 0.306 e. The van der Waals surface area contributed by atoms with E-state index in [1.54, 1.807) is 24.5 Å². The van der Waals surface area contributed by atoms with Gasteiger partial charge in [-0.05, 0) is 90.6 Å². The standard InChI is InChI=1S/C47H54ClN5O6/c1-28-33(27-59-45-20-44(58-26-30-14-38(49-3)23-50-21-30)35(18-43(45)48)22-51-25-39(54)19-47(56)57)6-4-8-41(28)42-9-5-7-40(29(42)2)32-11-10-31-16-37(17-34(31)15-32)52-24-36-12-13-46(55)53-36/h4-11,14,18,20-21,23,32,36-37,39,49,51-52,54H,12-13,15-17,19,22,24-27H2,1-3H3,(H,53,55)(H,56,57)/t32?,36?,37?,39-/m0/s1. The lowest BCUT2D eigenvalue weighted by Gasteiger charge is -2.23. The van der Waals surface area contributed by atoms with Gasteiger partial charge < -0.3 is 41.0 Å². The second-order valence-corrected chi connectivity index (χ2v) is 16.3. The van der Waals surface area contributed by atoms with Crippen LogP contribution in [0.5, 0.6) is 11.5 Å². The minimum Gasteiger partial charge on any atom is -0.488 e. The number of nitrogens with one attached hydrogen (secondary N) is 4. The molecule has 3 aromatic carbocycles. The molecule has 7 rings (SSSR count). The molecule has 1 fully saturated rings. The van der Waals surface area contributed by atoms with Crippen molar-refractivity contribution in [3.05, 3.63) is 129 Å². The molecule has 0 saturated carbocycles. The predicted molar refractivity (Wildman–Crippen MR) is 231 cm³/mol. The molecule has 0 bridgehead atoms. The summed E-state index contributed by atoms with van der Waals surface area (Å²) in [6.45, 7) is 6.11. The van der Waals surface area contributed by atoms with Crippen LogP contribution in [0.15, 0.2) is 90.3 Å². The Kier molecular flexibility index (Phi) is 13.7. The number of benzene rings is 3. The number of hydrogen-bond acceptors (Lipinski definition) is 9. The van der Waals surface area contributed by atoms with E-state index in [2.05, 4.69) is 88.6 Å². The van der Waals surface area contributed by atoms with Gasteiger partial charge in [0.05, 0.1) is 23.2 Å². The molecule has 11 nitrogen and oxygen atoms in total. The van der Waals surface area contributed by atoms with Crippen LogP contribution in [-0.2, 0) is 29.3 Å². The van der Waals surface area contributed by atoms with Gasteiger partial charge >= 0.3 is 5.97 Å². The van der Waals surface area contributed by atoms with Gasteiger partial charge in [-0.15, -0.1) is 0 Å². The van der Waals surface area contributed by atoms with E-state index in [4.69, 9.17) is 26.2 Å². The fraction of sp³-hybridized carbons (Fsp3) is 0.383. The lowest BCUT2D eigenvalue weighted by molar-refractivity contribution is -0.139. The predicted octanol–water partition coefficient (Wildman–Crippen LogP) is 7.51. The molecule has 3 aliphatic rings. The van der Waals surface area contributed by atoms with E-state index >= 15 is 0 Å². The molecule has 59 heavy (non-hydrogen) atoms. The molecule has 4 atom stereocenters. The molecule has 310 valence electrons. The summed E-state index contributed by atoms with van der Waals surface area (Å²) < 4.78 is 12.7. The highest BCUT2D eigenvalue weighted by atomic mass is 35.5. The molecule has 0 spiro atoms. The van der Waals surface area contributed by atoms with Crippen LogP contribution in [0.2, 0.25) is 5.02 Å². The summed E-state index contributed by atoms with van der Waals surface area (Å²) >= 11 is 6.82. The van der Waals surface area contributed by atoms with Crippen molar-refractivity contribution in [3.8, 4) is 22.6 Å². The van der Waals surface area contributed by atoms with Crippen LogP contribution < -0.4 is 30.7 Å².